The largest absolute Gasteiger partial charge is 0.373 e. The third-order valence-corrected chi connectivity index (χ3v) is 5.74. The summed E-state index contributed by atoms with van der Waals surface area (Å²) in [4.78, 5) is 14.8. The number of carbonyl (C=O) groups is 1. The van der Waals surface area contributed by atoms with Gasteiger partial charge in [-0.1, -0.05) is 18.2 Å². The van der Waals surface area contributed by atoms with E-state index in [9.17, 15) is 4.79 Å². The van der Waals surface area contributed by atoms with E-state index in [2.05, 4.69) is 35.4 Å². The Labute approximate surface area is 154 Å². The normalized spacial score (nSPS) is 27.8. The molecule has 138 valence electrons. The number of carbonyl (C=O) groups excluding carboxylic acids is 1. The number of hydrogen-bond acceptors (Lipinski definition) is 5. The van der Waals surface area contributed by atoms with Gasteiger partial charge in [-0.15, -0.1) is 0 Å². The molecule has 3 rings (SSSR count). The molecule has 1 amide bonds. The summed E-state index contributed by atoms with van der Waals surface area (Å²) in [5.41, 5.74) is 2.10. The van der Waals surface area contributed by atoms with Crippen molar-refractivity contribution in [3.63, 3.8) is 0 Å². The van der Waals surface area contributed by atoms with E-state index in [1.165, 1.54) is 5.56 Å². The molecule has 0 radical (unpaired) electrons. The Balaban J connectivity index is 1.59. The maximum Gasteiger partial charge on any atom is 0.225 e. The molecule has 0 aliphatic carbocycles. The summed E-state index contributed by atoms with van der Waals surface area (Å²) in [6.07, 6.45) is 1.04. The molecular weight excluding hydrogens is 334 g/mol. The van der Waals surface area contributed by atoms with Crippen LogP contribution in [0.5, 0.6) is 0 Å². The van der Waals surface area contributed by atoms with Crippen LogP contribution in [-0.4, -0.2) is 60.2 Å². The zero-order valence-corrected chi connectivity index (χ0v) is 16.0. The highest BCUT2D eigenvalue weighted by molar-refractivity contribution is 7.99. The number of ether oxygens (including phenoxy) is 1. The minimum atomic E-state index is 0.0937. The van der Waals surface area contributed by atoms with Crippen molar-refractivity contribution >= 4 is 23.4 Å². The number of nitrogens with one attached hydrogen (secondary N) is 2. The van der Waals surface area contributed by atoms with Crippen LogP contribution in [0.25, 0.3) is 0 Å². The average molecular weight is 364 g/mol. The fourth-order valence-corrected chi connectivity index (χ4v) is 4.56. The summed E-state index contributed by atoms with van der Waals surface area (Å²) < 4.78 is 5.81. The van der Waals surface area contributed by atoms with Gasteiger partial charge in [-0.3, -0.25) is 9.69 Å². The quantitative estimate of drug-likeness (QED) is 0.841. The van der Waals surface area contributed by atoms with Gasteiger partial charge >= 0.3 is 0 Å². The van der Waals surface area contributed by atoms with Gasteiger partial charge in [-0.05, 0) is 25.5 Å². The highest BCUT2D eigenvalue weighted by Crippen LogP contribution is 2.21. The topological polar surface area (TPSA) is 53.6 Å². The van der Waals surface area contributed by atoms with Crippen LogP contribution in [-0.2, 0) is 16.1 Å². The van der Waals surface area contributed by atoms with Gasteiger partial charge in [-0.25, -0.2) is 0 Å². The third-order valence-electron chi connectivity index (χ3n) is 4.61. The molecule has 25 heavy (non-hydrogen) atoms. The van der Waals surface area contributed by atoms with Crippen molar-refractivity contribution in [3.05, 3.63) is 29.8 Å². The Morgan fingerprint density at radius 1 is 1.32 bits per heavy atom. The molecule has 2 aliphatic rings. The predicted octanol–water partition coefficient (Wildman–Crippen LogP) is 2.33. The number of para-hydroxylation sites is 1. The fraction of sp³-hybridized carbons (Fsp3) is 0.632. The van der Waals surface area contributed by atoms with Crippen molar-refractivity contribution in [2.24, 2.45) is 0 Å². The van der Waals surface area contributed by atoms with Gasteiger partial charge in [0.2, 0.25) is 5.91 Å². The van der Waals surface area contributed by atoms with Gasteiger partial charge in [0.05, 0.1) is 12.2 Å². The summed E-state index contributed by atoms with van der Waals surface area (Å²) in [7, 11) is 0. The van der Waals surface area contributed by atoms with E-state index in [-0.39, 0.29) is 24.2 Å². The summed E-state index contributed by atoms with van der Waals surface area (Å²) in [5.74, 6) is 2.24. The first-order chi connectivity index (χ1) is 12.1. The number of nitrogens with zero attached hydrogens (tertiary/aromatic N) is 1. The highest BCUT2D eigenvalue weighted by Gasteiger charge is 2.23. The van der Waals surface area contributed by atoms with Crippen molar-refractivity contribution < 1.29 is 9.53 Å². The first-order valence-electron chi connectivity index (χ1n) is 9.17. The van der Waals surface area contributed by atoms with Gasteiger partial charge in [0, 0.05) is 55.8 Å². The summed E-state index contributed by atoms with van der Waals surface area (Å²) in [6.45, 7) is 7.92. The molecule has 3 unspecified atom stereocenters. The lowest BCUT2D eigenvalue weighted by Gasteiger charge is -2.35. The molecule has 5 nitrogen and oxygen atoms in total. The van der Waals surface area contributed by atoms with E-state index in [0.717, 1.165) is 43.4 Å². The van der Waals surface area contributed by atoms with Crippen molar-refractivity contribution in [3.8, 4) is 0 Å². The van der Waals surface area contributed by atoms with Gasteiger partial charge in [0.15, 0.2) is 0 Å². The number of hydrogen-bond donors (Lipinski definition) is 2. The molecule has 0 saturated carbocycles. The third kappa shape index (κ3) is 5.71. The molecule has 2 heterocycles. The first kappa shape index (κ1) is 18.7. The van der Waals surface area contributed by atoms with E-state index in [0.29, 0.717) is 6.42 Å². The molecule has 0 bridgehead atoms. The van der Waals surface area contributed by atoms with Crippen LogP contribution in [0.3, 0.4) is 0 Å². The number of amides is 1. The first-order valence-corrected chi connectivity index (χ1v) is 10.3. The number of morpholine rings is 1. The second kappa shape index (κ2) is 9.03. The molecule has 2 N–H and O–H groups in total. The second-order valence-electron chi connectivity index (χ2n) is 7.09. The van der Waals surface area contributed by atoms with Crippen LogP contribution in [0.15, 0.2) is 24.3 Å². The lowest BCUT2D eigenvalue weighted by atomic mass is 10.1. The van der Waals surface area contributed by atoms with Crippen LogP contribution in [0, 0.1) is 0 Å². The van der Waals surface area contributed by atoms with Crippen LogP contribution in [0.4, 0.5) is 5.69 Å². The van der Waals surface area contributed by atoms with Crippen LogP contribution < -0.4 is 10.6 Å². The monoisotopic (exact) mass is 363 g/mol. The Hall–Kier alpha value is -1.08. The minimum absolute atomic E-state index is 0.0937. The summed E-state index contributed by atoms with van der Waals surface area (Å²) >= 11 is 1.92. The Kier molecular flexibility index (Phi) is 6.76. The lowest BCUT2D eigenvalue weighted by Crippen LogP contribution is -2.45. The van der Waals surface area contributed by atoms with Gasteiger partial charge < -0.3 is 15.4 Å². The number of benzene rings is 1. The maximum absolute atomic E-state index is 12.4. The lowest BCUT2D eigenvalue weighted by molar-refractivity contribution is -0.116. The van der Waals surface area contributed by atoms with Crippen molar-refractivity contribution in [2.45, 2.75) is 45.1 Å². The minimum Gasteiger partial charge on any atom is -0.373 e. The molecule has 0 spiro atoms. The number of anilines is 1. The van der Waals surface area contributed by atoms with E-state index in [1.54, 1.807) is 0 Å². The summed E-state index contributed by atoms with van der Waals surface area (Å²) in [6, 6.07) is 8.42. The van der Waals surface area contributed by atoms with E-state index in [1.807, 2.05) is 30.0 Å². The van der Waals surface area contributed by atoms with E-state index < -0.39 is 0 Å². The zero-order valence-electron chi connectivity index (χ0n) is 15.2. The van der Waals surface area contributed by atoms with Gasteiger partial charge in [0.1, 0.15) is 0 Å². The molecule has 2 aliphatic heterocycles. The van der Waals surface area contributed by atoms with Crippen LogP contribution in [0.2, 0.25) is 0 Å². The van der Waals surface area contributed by atoms with Crippen molar-refractivity contribution in [2.75, 3.05) is 36.5 Å². The number of rotatable bonds is 5. The molecular formula is C19H29N3O2S. The van der Waals surface area contributed by atoms with Gasteiger partial charge in [0.25, 0.3) is 0 Å². The SMILES string of the molecule is CC1CN(Cc2ccccc2NC(=O)CC2CSCCN2)CC(C)O1. The smallest absolute Gasteiger partial charge is 0.225 e. The van der Waals surface area contributed by atoms with Crippen LogP contribution >= 0.6 is 11.8 Å². The van der Waals surface area contributed by atoms with E-state index >= 15 is 0 Å². The molecule has 1 aromatic rings. The molecule has 3 atom stereocenters. The van der Waals surface area contributed by atoms with E-state index in [4.69, 9.17) is 4.74 Å². The standard InChI is InChI=1S/C19H29N3O2S/c1-14-10-22(11-15(2)24-14)12-16-5-3-4-6-18(16)21-19(23)9-17-13-25-8-7-20-17/h3-6,14-15,17,20H,7-13H2,1-2H3,(H,21,23). The molecule has 2 fully saturated rings. The molecule has 0 aromatic heterocycles. The van der Waals surface area contributed by atoms with Crippen LogP contribution in [0.1, 0.15) is 25.8 Å². The predicted molar refractivity (Wildman–Crippen MR) is 104 cm³/mol. The second-order valence-corrected chi connectivity index (χ2v) is 8.24. The summed E-state index contributed by atoms with van der Waals surface area (Å²) in [5, 5.41) is 6.55. The number of thioether (sulfide) groups is 1. The Bertz CT molecular complexity index is 568. The fourth-order valence-electron chi connectivity index (χ4n) is 3.61. The van der Waals surface area contributed by atoms with Gasteiger partial charge in [-0.2, -0.15) is 11.8 Å². The molecule has 2 saturated heterocycles. The van der Waals surface area contributed by atoms with Crippen molar-refractivity contribution in [1.82, 2.24) is 10.2 Å². The maximum atomic E-state index is 12.4. The Morgan fingerprint density at radius 3 is 2.80 bits per heavy atom. The molecule has 6 heteroatoms. The highest BCUT2D eigenvalue weighted by atomic mass is 32.2. The molecule has 1 aromatic carbocycles. The van der Waals surface area contributed by atoms with Crippen molar-refractivity contribution in [1.29, 1.82) is 0 Å². The average Bonchev–Trinajstić information content (AvgIpc) is 2.56. The zero-order chi connectivity index (χ0) is 17.6. The Morgan fingerprint density at radius 2 is 2.08 bits per heavy atom.